The smallest absolute Gasteiger partial charge is 0.237 e. The first-order chi connectivity index (χ1) is 12.1. The molecule has 3 N–H and O–H groups in total. The van der Waals surface area contributed by atoms with Crippen molar-refractivity contribution in [2.45, 2.75) is 6.54 Å². The number of rotatable bonds is 4. The minimum atomic E-state index is -0.550. The van der Waals surface area contributed by atoms with E-state index in [2.05, 4.69) is 15.2 Å². The number of azo groups is 1. The van der Waals surface area contributed by atoms with Gasteiger partial charge in [-0.05, 0) is 18.2 Å². The Kier molecular flexibility index (Phi) is 3.66. The van der Waals surface area contributed by atoms with Gasteiger partial charge in [-0.25, -0.2) is 4.98 Å². The standard InChI is InChI=1S/C17H13N5O2S/c18-14(23)9-22-12-7-3-1-5-10(12)15(16(22)24)20-21-17-19-11-6-2-4-8-13(11)25-17/h1-8,24H,9H2,(H2,18,23). The molecule has 0 fully saturated rings. The van der Waals surface area contributed by atoms with Crippen LogP contribution in [0.1, 0.15) is 0 Å². The molecule has 4 rings (SSSR count). The number of thiazole rings is 1. The molecule has 0 aliphatic heterocycles. The summed E-state index contributed by atoms with van der Waals surface area (Å²) >= 11 is 1.41. The highest BCUT2D eigenvalue weighted by atomic mass is 32.1. The molecule has 2 heterocycles. The summed E-state index contributed by atoms with van der Waals surface area (Å²) in [7, 11) is 0. The van der Waals surface area contributed by atoms with Crippen LogP contribution in [0.3, 0.4) is 0 Å². The predicted molar refractivity (Wildman–Crippen MR) is 96.6 cm³/mol. The summed E-state index contributed by atoms with van der Waals surface area (Å²) in [5, 5.41) is 20.0. The second-order valence-corrected chi connectivity index (χ2v) is 6.42. The molecule has 1 amide bonds. The molecule has 7 nitrogen and oxygen atoms in total. The lowest BCUT2D eigenvalue weighted by atomic mass is 10.2. The zero-order chi connectivity index (χ0) is 17.4. The van der Waals surface area contributed by atoms with Gasteiger partial charge < -0.3 is 15.4 Å². The molecule has 2 aromatic heterocycles. The third kappa shape index (κ3) is 2.72. The number of para-hydroxylation sites is 2. The number of amides is 1. The minimum Gasteiger partial charge on any atom is -0.493 e. The molecule has 0 aliphatic carbocycles. The van der Waals surface area contributed by atoms with Crippen LogP contribution in [0.5, 0.6) is 5.88 Å². The highest BCUT2D eigenvalue weighted by Crippen LogP contribution is 2.40. The van der Waals surface area contributed by atoms with Crippen LogP contribution in [0.2, 0.25) is 0 Å². The van der Waals surface area contributed by atoms with Crippen molar-refractivity contribution in [1.29, 1.82) is 0 Å². The van der Waals surface area contributed by atoms with Crippen molar-refractivity contribution in [2.75, 3.05) is 0 Å². The fraction of sp³-hybridized carbons (Fsp3) is 0.0588. The molecule has 0 bridgehead atoms. The molecule has 25 heavy (non-hydrogen) atoms. The van der Waals surface area contributed by atoms with E-state index in [9.17, 15) is 9.90 Å². The van der Waals surface area contributed by atoms with Crippen molar-refractivity contribution in [1.82, 2.24) is 9.55 Å². The Balaban J connectivity index is 1.80. The summed E-state index contributed by atoms with van der Waals surface area (Å²) in [6.07, 6.45) is 0. The van der Waals surface area contributed by atoms with E-state index in [4.69, 9.17) is 5.73 Å². The number of primary amides is 1. The summed E-state index contributed by atoms with van der Waals surface area (Å²) in [6.45, 7) is -0.136. The van der Waals surface area contributed by atoms with Crippen molar-refractivity contribution in [3.63, 3.8) is 0 Å². The van der Waals surface area contributed by atoms with Crippen LogP contribution in [0.25, 0.3) is 21.1 Å². The SMILES string of the molecule is NC(=O)Cn1c(O)c(N=Nc2nc3ccccc3s2)c2ccccc21. The van der Waals surface area contributed by atoms with Gasteiger partial charge in [0.25, 0.3) is 0 Å². The van der Waals surface area contributed by atoms with Crippen LogP contribution >= 0.6 is 11.3 Å². The lowest BCUT2D eigenvalue weighted by Gasteiger charge is -2.02. The number of hydrogen-bond donors (Lipinski definition) is 2. The normalized spacial score (nSPS) is 11.7. The first-order valence-corrected chi connectivity index (χ1v) is 8.31. The molecule has 0 saturated heterocycles. The molecule has 8 heteroatoms. The third-order valence-electron chi connectivity index (χ3n) is 3.75. The number of nitrogens with zero attached hydrogens (tertiary/aromatic N) is 4. The molecular weight excluding hydrogens is 338 g/mol. The van der Waals surface area contributed by atoms with E-state index in [1.54, 1.807) is 12.1 Å². The lowest BCUT2D eigenvalue weighted by Crippen LogP contribution is -2.18. The van der Waals surface area contributed by atoms with Gasteiger partial charge in [-0.15, -0.1) is 10.2 Å². The first kappa shape index (κ1) is 15.3. The predicted octanol–water partition coefficient (Wildman–Crippen LogP) is 3.86. The Morgan fingerprint density at radius 1 is 1.16 bits per heavy atom. The van der Waals surface area contributed by atoms with Gasteiger partial charge in [-0.3, -0.25) is 4.79 Å². The van der Waals surface area contributed by atoms with Gasteiger partial charge in [-0.2, -0.15) is 0 Å². The molecule has 4 aromatic rings. The summed E-state index contributed by atoms with van der Waals surface area (Å²) in [5.41, 5.74) is 7.07. The van der Waals surface area contributed by atoms with Crippen LogP contribution in [-0.2, 0) is 11.3 Å². The highest BCUT2D eigenvalue weighted by Gasteiger charge is 2.17. The number of nitrogens with two attached hydrogens (primary N) is 1. The molecule has 0 unspecified atom stereocenters. The lowest BCUT2D eigenvalue weighted by molar-refractivity contribution is -0.118. The van der Waals surface area contributed by atoms with E-state index in [1.165, 1.54) is 15.9 Å². The molecular formula is C17H13N5O2S. The maximum atomic E-state index is 11.3. The van der Waals surface area contributed by atoms with E-state index >= 15 is 0 Å². The number of carbonyl (C=O) groups excluding carboxylic acids is 1. The minimum absolute atomic E-state index is 0.136. The fourth-order valence-corrected chi connectivity index (χ4v) is 3.47. The Morgan fingerprint density at radius 2 is 1.92 bits per heavy atom. The summed E-state index contributed by atoms with van der Waals surface area (Å²) in [6, 6.07) is 14.9. The first-order valence-electron chi connectivity index (χ1n) is 7.49. The van der Waals surface area contributed by atoms with E-state index in [-0.39, 0.29) is 18.1 Å². The van der Waals surface area contributed by atoms with Crippen LogP contribution in [0.15, 0.2) is 58.8 Å². The van der Waals surface area contributed by atoms with Crippen molar-refractivity contribution in [3.05, 3.63) is 48.5 Å². The van der Waals surface area contributed by atoms with Gasteiger partial charge in [0.1, 0.15) is 6.54 Å². The van der Waals surface area contributed by atoms with Gasteiger partial charge in [-0.1, -0.05) is 41.7 Å². The van der Waals surface area contributed by atoms with Gasteiger partial charge >= 0.3 is 0 Å². The number of fused-ring (bicyclic) bond motifs is 2. The van der Waals surface area contributed by atoms with Crippen LogP contribution in [-0.4, -0.2) is 20.6 Å². The number of aromatic nitrogens is 2. The Hall–Kier alpha value is -3.26. The van der Waals surface area contributed by atoms with Gasteiger partial charge in [0.15, 0.2) is 5.69 Å². The van der Waals surface area contributed by atoms with E-state index in [0.717, 1.165) is 10.2 Å². The molecule has 0 atom stereocenters. The number of carbonyl (C=O) groups is 1. The zero-order valence-electron chi connectivity index (χ0n) is 13.0. The fourth-order valence-electron chi connectivity index (χ4n) is 2.68. The Morgan fingerprint density at radius 3 is 2.72 bits per heavy atom. The van der Waals surface area contributed by atoms with Crippen molar-refractivity contribution >= 4 is 49.2 Å². The molecule has 0 spiro atoms. The molecule has 0 aliphatic rings. The topological polar surface area (TPSA) is 106 Å². The number of benzene rings is 2. The summed E-state index contributed by atoms with van der Waals surface area (Å²) in [4.78, 5) is 15.7. The quantitative estimate of drug-likeness (QED) is 0.545. The second-order valence-electron chi connectivity index (χ2n) is 5.41. The largest absolute Gasteiger partial charge is 0.493 e. The Labute approximate surface area is 146 Å². The summed E-state index contributed by atoms with van der Waals surface area (Å²) in [5.74, 6) is -0.699. The maximum absolute atomic E-state index is 11.3. The van der Waals surface area contributed by atoms with E-state index in [1.807, 2.05) is 36.4 Å². The highest BCUT2D eigenvalue weighted by molar-refractivity contribution is 7.21. The zero-order valence-corrected chi connectivity index (χ0v) is 13.8. The molecule has 2 aromatic carbocycles. The van der Waals surface area contributed by atoms with Gasteiger partial charge in [0.2, 0.25) is 16.9 Å². The van der Waals surface area contributed by atoms with Crippen molar-refractivity contribution in [2.24, 2.45) is 16.0 Å². The average Bonchev–Trinajstić information content (AvgIpc) is 3.13. The van der Waals surface area contributed by atoms with Crippen LogP contribution < -0.4 is 5.73 Å². The van der Waals surface area contributed by atoms with Crippen molar-refractivity contribution < 1.29 is 9.90 Å². The molecule has 0 radical (unpaired) electrons. The van der Waals surface area contributed by atoms with Crippen LogP contribution in [0.4, 0.5) is 10.8 Å². The number of aromatic hydroxyl groups is 1. The van der Waals surface area contributed by atoms with Gasteiger partial charge in [0.05, 0.1) is 15.7 Å². The van der Waals surface area contributed by atoms with Gasteiger partial charge in [0, 0.05) is 5.39 Å². The average molecular weight is 351 g/mol. The molecule has 0 saturated carbocycles. The van der Waals surface area contributed by atoms with Crippen molar-refractivity contribution in [3.8, 4) is 5.88 Å². The monoisotopic (exact) mass is 351 g/mol. The maximum Gasteiger partial charge on any atom is 0.237 e. The van der Waals surface area contributed by atoms with E-state index in [0.29, 0.717) is 16.0 Å². The second kappa shape index (κ2) is 5.99. The summed E-state index contributed by atoms with van der Waals surface area (Å²) < 4.78 is 2.43. The Bertz CT molecular complexity index is 1100. The molecule has 124 valence electrons. The van der Waals surface area contributed by atoms with Crippen LogP contribution in [0, 0.1) is 0 Å². The van der Waals surface area contributed by atoms with E-state index < -0.39 is 5.91 Å². The number of hydrogen-bond acceptors (Lipinski definition) is 6. The third-order valence-corrected chi connectivity index (χ3v) is 4.67.